The molecule has 26 heavy (non-hydrogen) atoms. The van der Waals surface area contributed by atoms with Gasteiger partial charge in [0.15, 0.2) is 0 Å². The van der Waals surface area contributed by atoms with Gasteiger partial charge in [0.25, 0.3) is 11.6 Å². The average molecular weight is 378 g/mol. The summed E-state index contributed by atoms with van der Waals surface area (Å²) in [5.74, 6) is -0.979. The molecule has 0 aliphatic carbocycles. The second-order valence-electron chi connectivity index (χ2n) is 5.33. The Kier molecular flexibility index (Phi) is 6.65. The van der Waals surface area contributed by atoms with Crippen LogP contribution < -0.4 is 10.6 Å². The molecule has 9 heteroatoms. The highest BCUT2D eigenvalue weighted by atomic mass is 35.5. The van der Waals surface area contributed by atoms with Gasteiger partial charge in [-0.15, -0.1) is 0 Å². The smallest absolute Gasteiger partial charge is 0.269 e. The number of aliphatic hydroxyl groups excluding tert-OH is 1. The molecule has 8 nitrogen and oxygen atoms in total. The molecule has 0 bridgehead atoms. The van der Waals surface area contributed by atoms with E-state index in [-0.39, 0.29) is 29.4 Å². The van der Waals surface area contributed by atoms with Crippen LogP contribution in [0.1, 0.15) is 22.0 Å². The first-order valence-corrected chi connectivity index (χ1v) is 7.98. The lowest BCUT2D eigenvalue weighted by molar-refractivity contribution is -0.384. The summed E-state index contributed by atoms with van der Waals surface area (Å²) >= 11 is 5.90. The lowest BCUT2D eigenvalue weighted by Crippen LogP contribution is -2.38. The Morgan fingerprint density at radius 1 is 1.12 bits per heavy atom. The van der Waals surface area contributed by atoms with Crippen molar-refractivity contribution in [2.45, 2.75) is 6.10 Å². The van der Waals surface area contributed by atoms with Crippen LogP contribution in [0.25, 0.3) is 0 Å². The summed E-state index contributed by atoms with van der Waals surface area (Å²) < 4.78 is 0. The van der Waals surface area contributed by atoms with Crippen LogP contribution in [0.4, 0.5) is 5.69 Å². The van der Waals surface area contributed by atoms with Crippen molar-refractivity contribution in [1.29, 1.82) is 0 Å². The van der Waals surface area contributed by atoms with Crippen LogP contribution in [-0.4, -0.2) is 34.9 Å². The van der Waals surface area contributed by atoms with Crippen molar-refractivity contribution in [1.82, 2.24) is 10.6 Å². The van der Waals surface area contributed by atoms with Crippen LogP contribution in [-0.2, 0) is 4.79 Å². The molecular formula is C17H16ClN3O5. The molecule has 0 saturated heterocycles. The van der Waals surface area contributed by atoms with Gasteiger partial charge in [-0.1, -0.05) is 23.7 Å². The summed E-state index contributed by atoms with van der Waals surface area (Å²) in [4.78, 5) is 33.8. The van der Waals surface area contributed by atoms with Gasteiger partial charge in [0.2, 0.25) is 5.91 Å². The summed E-state index contributed by atoms with van der Waals surface area (Å²) in [5, 5.41) is 25.8. The molecule has 0 saturated carbocycles. The lowest BCUT2D eigenvalue weighted by atomic mass is 10.1. The lowest BCUT2D eigenvalue weighted by Gasteiger charge is -2.12. The zero-order valence-corrected chi connectivity index (χ0v) is 14.3. The van der Waals surface area contributed by atoms with E-state index in [2.05, 4.69) is 10.6 Å². The van der Waals surface area contributed by atoms with Crippen molar-refractivity contribution in [3.63, 3.8) is 0 Å². The molecule has 0 heterocycles. The third kappa shape index (κ3) is 5.27. The molecule has 3 N–H and O–H groups in total. The molecule has 2 aromatic rings. The Morgan fingerprint density at radius 2 is 1.77 bits per heavy atom. The van der Waals surface area contributed by atoms with Gasteiger partial charge in [0, 0.05) is 18.7 Å². The Balaban J connectivity index is 1.80. The maximum absolute atomic E-state index is 11.9. The first kappa shape index (κ1) is 19.4. The van der Waals surface area contributed by atoms with Gasteiger partial charge in [0.1, 0.15) is 0 Å². The molecule has 0 spiro atoms. The minimum absolute atomic E-state index is 0.0905. The third-order valence-electron chi connectivity index (χ3n) is 3.51. The van der Waals surface area contributed by atoms with Crippen LogP contribution in [0.2, 0.25) is 5.02 Å². The second kappa shape index (κ2) is 8.93. The highest BCUT2D eigenvalue weighted by molar-refractivity contribution is 6.33. The van der Waals surface area contributed by atoms with E-state index in [0.29, 0.717) is 5.56 Å². The van der Waals surface area contributed by atoms with Gasteiger partial charge in [-0.25, -0.2) is 0 Å². The largest absolute Gasteiger partial charge is 0.387 e. The van der Waals surface area contributed by atoms with E-state index in [4.69, 9.17) is 11.6 Å². The van der Waals surface area contributed by atoms with E-state index >= 15 is 0 Å². The van der Waals surface area contributed by atoms with E-state index in [1.807, 2.05) is 0 Å². The van der Waals surface area contributed by atoms with Gasteiger partial charge in [0.05, 0.1) is 28.2 Å². The normalized spacial score (nSPS) is 11.5. The topological polar surface area (TPSA) is 122 Å². The van der Waals surface area contributed by atoms with Gasteiger partial charge in [-0.2, -0.15) is 0 Å². The molecule has 2 amide bonds. The van der Waals surface area contributed by atoms with Crippen molar-refractivity contribution >= 4 is 29.1 Å². The van der Waals surface area contributed by atoms with Crippen LogP contribution >= 0.6 is 11.6 Å². The average Bonchev–Trinajstić information content (AvgIpc) is 2.64. The fourth-order valence-corrected chi connectivity index (χ4v) is 2.33. The Hall–Kier alpha value is -2.97. The van der Waals surface area contributed by atoms with E-state index in [1.165, 1.54) is 30.3 Å². The van der Waals surface area contributed by atoms with Crippen molar-refractivity contribution in [2.75, 3.05) is 13.1 Å². The van der Waals surface area contributed by atoms with Crippen LogP contribution in [0, 0.1) is 10.1 Å². The molecule has 0 aliphatic heterocycles. The highest BCUT2D eigenvalue weighted by Crippen LogP contribution is 2.17. The van der Waals surface area contributed by atoms with Crippen molar-refractivity contribution < 1.29 is 19.6 Å². The Morgan fingerprint density at radius 3 is 2.38 bits per heavy atom. The Bertz CT molecular complexity index is 810. The molecule has 136 valence electrons. The van der Waals surface area contributed by atoms with Gasteiger partial charge in [-0.3, -0.25) is 19.7 Å². The first-order chi connectivity index (χ1) is 12.4. The maximum Gasteiger partial charge on any atom is 0.269 e. The summed E-state index contributed by atoms with van der Waals surface area (Å²) in [7, 11) is 0. The zero-order chi connectivity index (χ0) is 19.1. The van der Waals surface area contributed by atoms with Crippen molar-refractivity contribution in [3.05, 3.63) is 74.8 Å². The summed E-state index contributed by atoms with van der Waals surface area (Å²) in [6.07, 6.45) is -1.03. The third-order valence-corrected chi connectivity index (χ3v) is 3.84. The molecule has 1 unspecified atom stereocenters. The molecule has 0 radical (unpaired) electrons. The fourth-order valence-electron chi connectivity index (χ4n) is 2.11. The predicted octanol–water partition coefficient (Wildman–Crippen LogP) is 1.83. The molecule has 2 rings (SSSR count). The highest BCUT2D eigenvalue weighted by Gasteiger charge is 2.14. The number of hydrogen-bond acceptors (Lipinski definition) is 5. The quantitative estimate of drug-likeness (QED) is 0.502. The monoisotopic (exact) mass is 377 g/mol. The summed E-state index contributed by atoms with van der Waals surface area (Å²) in [6.45, 7) is -0.379. The number of amides is 2. The second-order valence-corrected chi connectivity index (χ2v) is 5.74. The minimum Gasteiger partial charge on any atom is -0.387 e. The number of halogens is 1. The number of aliphatic hydroxyl groups is 1. The van der Waals surface area contributed by atoms with Crippen molar-refractivity contribution in [3.8, 4) is 0 Å². The predicted molar refractivity (Wildman–Crippen MR) is 94.9 cm³/mol. The number of carbonyl (C=O) groups excluding carboxylic acids is 2. The van der Waals surface area contributed by atoms with Gasteiger partial charge in [-0.05, 0) is 29.8 Å². The SMILES string of the molecule is O=C(CNC(=O)c1ccccc1Cl)NCC(O)c1ccc([N+](=O)[O-])cc1. The Labute approximate surface area is 153 Å². The fraction of sp³-hybridized carbons (Fsp3) is 0.176. The number of rotatable bonds is 7. The standard InChI is InChI=1S/C17H16ClN3O5/c18-14-4-2-1-3-13(14)17(24)20-10-16(23)19-9-15(22)11-5-7-12(8-6-11)21(25)26/h1-8,15,22H,9-10H2,(H,19,23)(H,20,24). The van der Waals surface area contributed by atoms with E-state index < -0.39 is 22.8 Å². The van der Waals surface area contributed by atoms with Crippen molar-refractivity contribution in [2.24, 2.45) is 0 Å². The number of benzene rings is 2. The minimum atomic E-state index is -1.03. The number of carbonyl (C=O) groups is 2. The van der Waals surface area contributed by atoms with E-state index in [0.717, 1.165) is 0 Å². The van der Waals surface area contributed by atoms with Crippen LogP contribution in [0.3, 0.4) is 0 Å². The van der Waals surface area contributed by atoms with Gasteiger partial charge >= 0.3 is 0 Å². The maximum atomic E-state index is 11.9. The van der Waals surface area contributed by atoms with E-state index in [9.17, 15) is 24.8 Å². The molecule has 0 aromatic heterocycles. The zero-order valence-electron chi connectivity index (χ0n) is 13.5. The van der Waals surface area contributed by atoms with E-state index in [1.54, 1.807) is 18.2 Å². The molecular weight excluding hydrogens is 362 g/mol. The number of nitrogens with one attached hydrogen (secondary N) is 2. The number of nitro groups is 1. The molecule has 0 fully saturated rings. The summed E-state index contributed by atoms with van der Waals surface area (Å²) in [5.41, 5.74) is 0.594. The number of nitrogens with zero attached hydrogens (tertiary/aromatic N) is 1. The first-order valence-electron chi connectivity index (χ1n) is 7.60. The van der Waals surface area contributed by atoms with Gasteiger partial charge < -0.3 is 15.7 Å². The molecule has 0 aliphatic rings. The summed E-state index contributed by atoms with van der Waals surface area (Å²) in [6, 6.07) is 11.8. The molecule has 1 atom stereocenters. The number of non-ortho nitro benzene ring substituents is 1. The van der Waals surface area contributed by atoms with Crippen LogP contribution in [0.15, 0.2) is 48.5 Å². The van der Waals surface area contributed by atoms with Crippen LogP contribution in [0.5, 0.6) is 0 Å². The number of hydrogen-bond donors (Lipinski definition) is 3. The number of nitro benzene ring substituents is 1. The molecule has 2 aromatic carbocycles.